The Morgan fingerprint density at radius 3 is 0.918 bits per heavy atom. The van der Waals surface area contributed by atoms with Crippen molar-refractivity contribution in [3.63, 3.8) is 0 Å². The van der Waals surface area contributed by atoms with Gasteiger partial charge >= 0.3 is 0 Å². The molecule has 2 atom stereocenters. The van der Waals surface area contributed by atoms with Gasteiger partial charge in [0.05, 0.1) is 56.9 Å². The molecule has 2 aliphatic heterocycles. The van der Waals surface area contributed by atoms with Crippen LogP contribution in [0.15, 0.2) is 396 Å². The van der Waals surface area contributed by atoms with E-state index in [1.165, 1.54) is 92.6 Å². The lowest BCUT2D eigenvalue weighted by atomic mass is 9.67. The Balaban J connectivity index is 0.000000145. The van der Waals surface area contributed by atoms with Gasteiger partial charge in [-0.3, -0.25) is 0 Å². The largest absolute Gasteiger partial charge is 0.228 e. The van der Waals surface area contributed by atoms with E-state index in [1.54, 1.807) is 0 Å². The Bertz CT molecular complexity index is 6480. The minimum atomic E-state index is -0.568. The topological polar surface area (TPSA) is 99.1 Å². The van der Waals surface area contributed by atoms with Crippen LogP contribution in [-0.4, -0.2) is 19.9 Å². The van der Waals surface area contributed by atoms with E-state index < -0.39 is 10.8 Å². The van der Waals surface area contributed by atoms with Crippen molar-refractivity contribution < 1.29 is 0 Å². The van der Waals surface area contributed by atoms with Gasteiger partial charge in [-0.05, 0) is 149 Å². The van der Waals surface area contributed by atoms with Crippen molar-refractivity contribution in [2.45, 2.75) is 30.4 Å². The number of aromatic nitrogens is 4. The number of rotatable bonds is 9. The molecule has 17 aromatic rings. The third kappa shape index (κ3) is 10.7. The second-order valence-electron chi connectivity index (χ2n) is 28.0. The van der Waals surface area contributed by atoms with Crippen LogP contribution in [0.5, 0.6) is 0 Å². The summed E-state index contributed by atoms with van der Waals surface area (Å²) in [5.41, 5.74) is 32.0. The molecule has 0 saturated heterocycles. The van der Waals surface area contributed by atoms with Gasteiger partial charge in [0.1, 0.15) is 0 Å². The Morgan fingerprint density at radius 1 is 0.218 bits per heavy atom. The third-order valence-corrected chi connectivity index (χ3v) is 24.5. The number of nitriles is 2. The van der Waals surface area contributed by atoms with Crippen LogP contribution in [-0.2, 0) is 10.8 Å². The molecule has 2 spiro atoms. The van der Waals surface area contributed by atoms with Crippen LogP contribution >= 0.6 is 23.5 Å². The van der Waals surface area contributed by atoms with Crippen LogP contribution in [0.1, 0.15) is 55.6 Å². The molecule has 0 radical (unpaired) electrons. The van der Waals surface area contributed by atoms with Crippen molar-refractivity contribution >= 4 is 23.5 Å². The summed E-state index contributed by atoms with van der Waals surface area (Å²) < 4.78 is 0. The van der Waals surface area contributed by atoms with Crippen LogP contribution < -0.4 is 0 Å². The van der Waals surface area contributed by atoms with E-state index in [4.69, 9.17) is 19.9 Å². The molecule has 0 N–H and O–H groups in total. The number of benzene rings is 15. The van der Waals surface area contributed by atoms with Crippen molar-refractivity contribution in [3.8, 4) is 136 Å². The van der Waals surface area contributed by atoms with Crippen LogP contribution in [0.4, 0.5) is 0 Å². The summed E-state index contributed by atoms with van der Waals surface area (Å²) in [6.07, 6.45) is 0. The zero-order valence-corrected chi connectivity index (χ0v) is 60.9. The highest BCUT2D eigenvalue weighted by molar-refractivity contribution is 8.00. The van der Waals surface area contributed by atoms with E-state index >= 15 is 0 Å². The molecule has 0 fully saturated rings. The lowest BCUT2D eigenvalue weighted by Crippen LogP contribution is -2.32. The summed E-state index contributed by atoms with van der Waals surface area (Å²) in [5, 5.41) is 19.1. The van der Waals surface area contributed by atoms with Gasteiger partial charge in [0.15, 0.2) is 11.6 Å². The van der Waals surface area contributed by atoms with Gasteiger partial charge < -0.3 is 0 Å². The van der Waals surface area contributed by atoms with Gasteiger partial charge in [-0.25, -0.2) is 19.9 Å². The number of fused-ring (bicyclic) bond motifs is 18. The summed E-state index contributed by atoms with van der Waals surface area (Å²) in [5.74, 6) is 1.40. The number of hydrogen-bond donors (Lipinski definition) is 0. The maximum Gasteiger partial charge on any atom is 0.161 e. The molecule has 4 heterocycles. The van der Waals surface area contributed by atoms with Crippen LogP contribution in [0.2, 0.25) is 0 Å². The normalized spacial score (nSPS) is 14.7. The lowest BCUT2D eigenvalue weighted by molar-refractivity contribution is 0.723. The molecule has 2 aliphatic carbocycles. The third-order valence-electron chi connectivity index (χ3n) is 22.1. The van der Waals surface area contributed by atoms with E-state index in [9.17, 15) is 10.5 Å². The van der Waals surface area contributed by atoms with Crippen LogP contribution in [0.25, 0.3) is 123 Å². The molecule has 0 saturated carbocycles. The van der Waals surface area contributed by atoms with E-state index in [2.05, 4.69) is 315 Å². The highest BCUT2D eigenvalue weighted by atomic mass is 32.2. The molecule has 21 rings (SSSR count). The monoisotopic (exact) mass is 1430 g/mol. The fourth-order valence-electron chi connectivity index (χ4n) is 17.2. The van der Waals surface area contributed by atoms with Crippen molar-refractivity contribution in [2.75, 3.05) is 0 Å². The number of nitrogens with zero attached hydrogens (tertiary/aromatic N) is 6. The van der Waals surface area contributed by atoms with Gasteiger partial charge in [0.25, 0.3) is 0 Å². The molecule has 2 unspecified atom stereocenters. The Morgan fingerprint density at radius 2 is 0.509 bits per heavy atom. The zero-order valence-electron chi connectivity index (χ0n) is 59.3. The Hall–Kier alpha value is -13.9. The summed E-state index contributed by atoms with van der Waals surface area (Å²) in [7, 11) is 0. The smallest absolute Gasteiger partial charge is 0.161 e. The summed E-state index contributed by atoms with van der Waals surface area (Å²) in [6, 6.07) is 137. The second kappa shape index (κ2) is 27.2. The first-order valence-electron chi connectivity index (χ1n) is 36.8. The van der Waals surface area contributed by atoms with Crippen molar-refractivity contribution in [3.05, 3.63) is 432 Å². The molecule has 2 aromatic heterocycles. The molecular weight excluding hydrogens is 1370 g/mol. The van der Waals surface area contributed by atoms with Crippen molar-refractivity contribution in [1.82, 2.24) is 19.9 Å². The van der Waals surface area contributed by atoms with Gasteiger partial charge in [-0.15, -0.1) is 0 Å². The fourth-order valence-corrected chi connectivity index (χ4v) is 19.9. The Kier molecular flexibility index (Phi) is 16.2. The minimum Gasteiger partial charge on any atom is -0.228 e. The maximum absolute atomic E-state index is 9.55. The highest BCUT2D eigenvalue weighted by Gasteiger charge is 2.53. The molecular formula is C102H62N6S2. The molecule has 0 amide bonds. The highest BCUT2D eigenvalue weighted by Crippen LogP contribution is 2.67. The van der Waals surface area contributed by atoms with Gasteiger partial charge in [0.2, 0.25) is 0 Å². The van der Waals surface area contributed by atoms with Crippen LogP contribution in [0.3, 0.4) is 0 Å². The van der Waals surface area contributed by atoms with Gasteiger partial charge in [-0.1, -0.05) is 351 Å². The first kappa shape index (κ1) is 65.6. The average Bonchev–Trinajstić information content (AvgIpc) is 1.27. The summed E-state index contributed by atoms with van der Waals surface area (Å²) in [4.78, 5) is 25.7. The standard InChI is InChI=1S/C54H33N3S.C48H29N3S/c55-34-35-25-27-36(28-26-35)41-18-11-22-46-51(41)43-17-7-8-20-44(43)54(46)45-21-9-10-24-50(45)58-52-42(19-12-23-47(52)54)37-29-31-40(32-30-37)53-56-48(38-13-3-1-4-14-38)33-49(57-53)39-15-5-2-6-16-39;49-30-31-25-27-32(28-26-31)35-18-11-22-40-45(35)36-17-7-8-20-38(36)48(40)39-21-9-10-24-44(39)52-46-37(19-12-23-41(46)48)47-50-42(33-13-3-1-4-14-33)29-43(51-47)34-15-5-2-6-16-34/h1-33H;1-29H. The zero-order chi connectivity index (χ0) is 73.3. The molecule has 0 bridgehead atoms. The van der Waals surface area contributed by atoms with Gasteiger partial charge in [0, 0.05) is 53.0 Å². The minimum absolute atomic E-state index is 0.527. The lowest BCUT2D eigenvalue weighted by Gasteiger charge is -2.40. The quantitative estimate of drug-likeness (QED) is 0.141. The first-order chi connectivity index (χ1) is 54.4. The van der Waals surface area contributed by atoms with Gasteiger partial charge in [-0.2, -0.15) is 10.5 Å². The van der Waals surface area contributed by atoms with E-state index in [0.717, 1.165) is 83.3 Å². The molecule has 512 valence electrons. The SMILES string of the molecule is N#Cc1ccc(-c2cccc3c2-c2ccccc2C32c3ccccc3Sc3c(-c4ccc(-c5nc(-c6ccccc6)cc(-c6ccccc6)n5)cc4)cccc32)cc1.N#Cc1ccc(-c2cccc3c2-c2ccccc2C32c3ccccc3Sc3c(-c4nc(-c5ccccc5)cc(-c5ccccc5)n4)cccc32)cc1. The summed E-state index contributed by atoms with van der Waals surface area (Å²) in [6.45, 7) is 0. The van der Waals surface area contributed by atoms with E-state index in [-0.39, 0.29) is 0 Å². The average molecular weight is 1440 g/mol. The molecule has 8 heteroatoms. The fraction of sp³-hybridized carbons (Fsp3) is 0.0196. The molecule has 4 aliphatic rings. The first-order valence-corrected chi connectivity index (χ1v) is 38.5. The maximum atomic E-state index is 9.55. The van der Waals surface area contributed by atoms with Crippen molar-refractivity contribution in [2.24, 2.45) is 0 Å². The van der Waals surface area contributed by atoms with Crippen molar-refractivity contribution in [1.29, 1.82) is 10.5 Å². The predicted octanol–water partition coefficient (Wildman–Crippen LogP) is 25.4. The van der Waals surface area contributed by atoms with E-state index in [1.807, 2.05) is 96.3 Å². The summed E-state index contributed by atoms with van der Waals surface area (Å²) >= 11 is 3.67. The Labute approximate surface area is 647 Å². The molecule has 6 nitrogen and oxygen atoms in total. The predicted molar refractivity (Wildman–Crippen MR) is 445 cm³/mol. The number of hydrogen-bond acceptors (Lipinski definition) is 8. The second-order valence-corrected chi connectivity index (χ2v) is 30.1. The molecule has 15 aromatic carbocycles. The van der Waals surface area contributed by atoms with Crippen LogP contribution in [0, 0.1) is 22.7 Å². The van der Waals surface area contributed by atoms with E-state index in [0.29, 0.717) is 22.8 Å². The molecule has 110 heavy (non-hydrogen) atoms.